The Labute approximate surface area is 154 Å². The van der Waals surface area contributed by atoms with E-state index in [2.05, 4.69) is 20.3 Å². The van der Waals surface area contributed by atoms with E-state index in [9.17, 15) is 0 Å². The molecule has 0 fully saturated rings. The summed E-state index contributed by atoms with van der Waals surface area (Å²) in [5.41, 5.74) is 4.10. The number of H-pyrrole nitrogens is 1. The van der Waals surface area contributed by atoms with Gasteiger partial charge in [-0.25, -0.2) is 0 Å². The minimum absolute atomic E-state index is 0.428. The molecule has 2 bridgehead atoms. The van der Waals surface area contributed by atoms with Crippen LogP contribution in [0.15, 0.2) is 47.3 Å². The quantitative estimate of drug-likeness (QED) is 0.511. The van der Waals surface area contributed by atoms with Crippen molar-refractivity contribution < 1.29 is 14.0 Å². The van der Waals surface area contributed by atoms with Crippen LogP contribution in [0.1, 0.15) is 17.7 Å². The zero-order chi connectivity index (χ0) is 18.1. The fourth-order valence-corrected chi connectivity index (χ4v) is 3.04. The van der Waals surface area contributed by atoms with Gasteiger partial charge in [0.15, 0.2) is 0 Å². The molecule has 4 heterocycles. The number of benzene rings is 1. The molecule has 7 nitrogen and oxygen atoms in total. The lowest BCUT2D eigenvalue weighted by molar-refractivity contribution is 0.233. The fraction of sp³-hybridized carbons (Fsp3) is 0.150. The number of fused-ring (bicyclic) bond motifs is 4. The Kier molecular flexibility index (Phi) is 3.82. The van der Waals surface area contributed by atoms with E-state index in [-0.39, 0.29) is 0 Å². The topological polar surface area (TPSA) is 86.1 Å². The average molecular weight is 360 g/mol. The van der Waals surface area contributed by atoms with Crippen molar-refractivity contribution in [1.82, 2.24) is 20.3 Å². The Hall–Kier alpha value is -3.61. The number of hydrogen-bond donors (Lipinski definition) is 1. The van der Waals surface area contributed by atoms with Crippen LogP contribution < -0.4 is 9.47 Å². The van der Waals surface area contributed by atoms with Gasteiger partial charge in [-0.2, -0.15) is 5.10 Å². The Morgan fingerprint density at radius 1 is 1.04 bits per heavy atom. The van der Waals surface area contributed by atoms with Crippen molar-refractivity contribution in [3.63, 3.8) is 0 Å². The predicted octanol–water partition coefficient (Wildman–Crippen LogP) is 3.94. The highest BCUT2D eigenvalue weighted by atomic mass is 16.5. The van der Waals surface area contributed by atoms with Gasteiger partial charge in [0.2, 0.25) is 0 Å². The van der Waals surface area contributed by atoms with Gasteiger partial charge in [-0.3, -0.25) is 10.1 Å². The molecule has 0 aliphatic carbocycles. The highest BCUT2D eigenvalue weighted by molar-refractivity contribution is 5.91. The van der Waals surface area contributed by atoms with E-state index in [1.165, 1.54) is 0 Å². The first-order valence-corrected chi connectivity index (χ1v) is 8.70. The van der Waals surface area contributed by atoms with Gasteiger partial charge in [0, 0.05) is 17.4 Å². The number of nitrogens with zero attached hydrogens (tertiary/aromatic N) is 3. The lowest BCUT2D eigenvalue weighted by Crippen LogP contribution is -2.06. The summed E-state index contributed by atoms with van der Waals surface area (Å²) < 4.78 is 16.8. The normalized spacial score (nSPS) is 15.1. The molecule has 0 saturated heterocycles. The molecule has 5 rings (SSSR count). The molecule has 1 aromatic carbocycles. The summed E-state index contributed by atoms with van der Waals surface area (Å²) in [6.45, 7) is 1.01. The molecule has 7 heteroatoms. The first-order chi connectivity index (χ1) is 13.4. The van der Waals surface area contributed by atoms with Gasteiger partial charge in [0.1, 0.15) is 17.6 Å². The van der Waals surface area contributed by atoms with Crippen LogP contribution in [0, 0.1) is 0 Å². The number of hydrogen-bond acceptors (Lipinski definition) is 6. The standard InChI is InChI=1S/C20H16N4O3/c1-2-5-19-13(4-1)6-7-16-14-10-17(21-11-18(14)23-22-16)15-12-27-24-20(15)26-9-3-8-25-19/h1-2,4-7,10-12H,3,8-9H2,(H,22,23)/b7-6+. The molecular weight excluding hydrogens is 344 g/mol. The monoisotopic (exact) mass is 360 g/mol. The predicted molar refractivity (Wildman–Crippen MR) is 100 cm³/mol. The molecule has 27 heavy (non-hydrogen) atoms. The molecule has 1 N–H and O–H groups in total. The van der Waals surface area contributed by atoms with Gasteiger partial charge in [-0.05, 0) is 29.4 Å². The van der Waals surface area contributed by atoms with Crippen molar-refractivity contribution in [2.24, 2.45) is 0 Å². The van der Waals surface area contributed by atoms with Crippen molar-refractivity contribution in [3.8, 4) is 22.9 Å². The smallest absolute Gasteiger partial charge is 0.263 e. The number of nitrogens with one attached hydrogen (secondary N) is 1. The zero-order valence-corrected chi connectivity index (χ0v) is 14.4. The third kappa shape index (κ3) is 2.93. The van der Waals surface area contributed by atoms with Gasteiger partial charge in [-0.1, -0.05) is 18.2 Å². The van der Waals surface area contributed by atoms with E-state index >= 15 is 0 Å². The van der Waals surface area contributed by atoms with Gasteiger partial charge < -0.3 is 14.0 Å². The molecular formula is C20H16N4O3. The molecule has 4 aromatic rings. The van der Waals surface area contributed by atoms with Crippen LogP contribution in [0.2, 0.25) is 0 Å². The van der Waals surface area contributed by atoms with Crippen molar-refractivity contribution in [3.05, 3.63) is 54.0 Å². The van der Waals surface area contributed by atoms with Crippen LogP contribution in [-0.4, -0.2) is 33.6 Å². The van der Waals surface area contributed by atoms with Gasteiger partial charge in [-0.15, -0.1) is 0 Å². The summed E-state index contributed by atoms with van der Waals surface area (Å²) in [5, 5.41) is 12.3. The maximum atomic E-state index is 5.92. The fourth-order valence-electron chi connectivity index (χ4n) is 3.04. The molecule has 0 spiro atoms. The van der Waals surface area contributed by atoms with Crippen LogP contribution >= 0.6 is 0 Å². The number of aromatic nitrogens is 4. The third-order valence-corrected chi connectivity index (χ3v) is 4.41. The van der Waals surface area contributed by atoms with Crippen molar-refractivity contribution >= 4 is 23.1 Å². The first kappa shape index (κ1) is 15.6. The van der Waals surface area contributed by atoms with Gasteiger partial charge in [0.25, 0.3) is 5.88 Å². The Bertz CT molecular complexity index is 1130. The largest absolute Gasteiger partial charge is 0.493 e. The number of ether oxygens (including phenoxy) is 2. The van der Waals surface area contributed by atoms with Crippen molar-refractivity contribution in [2.45, 2.75) is 6.42 Å². The van der Waals surface area contributed by atoms with Crippen LogP contribution in [0.3, 0.4) is 0 Å². The maximum Gasteiger partial charge on any atom is 0.263 e. The molecule has 0 atom stereocenters. The summed E-state index contributed by atoms with van der Waals surface area (Å²) in [7, 11) is 0. The number of para-hydroxylation sites is 1. The molecule has 1 aliphatic rings. The van der Waals surface area contributed by atoms with Crippen LogP contribution in [-0.2, 0) is 0 Å². The average Bonchev–Trinajstić information content (AvgIpc) is 3.32. The summed E-state index contributed by atoms with van der Waals surface area (Å²) >= 11 is 0. The molecule has 134 valence electrons. The van der Waals surface area contributed by atoms with Gasteiger partial charge in [0.05, 0.1) is 36.3 Å². The molecule has 1 aliphatic heterocycles. The number of aromatic amines is 1. The van der Waals surface area contributed by atoms with E-state index < -0.39 is 0 Å². The first-order valence-electron chi connectivity index (χ1n) is 8.70. The molecule has 0 unspecified atom stereocenters. The van der Waals surface area contributed by atoms with E-state index in [0.29, 0.717) is 24.7 Å². The second-order valence-electron chi connectivity index (χ2n) is 6.18. The van der Waals surface area contributed by atoms with E-state index in [1.54, 1.807) is 12.5 Å². The minimum Gasteiger partial charge on any atom is -0.493 e. The second kappa shape index (κ2) is 6.60. The summed E-state index contributed by atoms with van der Waals surface area (Å²) in [5.74, 6) is 1.26. The highest BCUT2D eigenvalue weighted by Gasteiger charge is 2.15. The lowest BCUT2D eigenvalue weighted by atomic mass is 10.1. The van der Waals surface area contributed by atoms with Crippen molar-refractivity contribution in [2.75, 3.05) is 13.2 Å². The number of pyridine rings is 1. The third-order valence-electron chi connectivity index (χ3n) is 4.41. The Morgan fingerprint density at radius 3 is 2.96 bits per heavy atom. The summed E-state index contributed by atoms with van der Waals surface area (Å²) in [6.07, 6.45) is 7.99. The second-order valence-corrected chi connectivity index (χ2v) is 6.18. The van der Waals surface area contributed by atoms with E-state index in [0.717, 1.165) is 40.0 Å². The molecule has 0 saturated carbocycles. The summed E-state index contributed by atoms with van der Waals surface area (Å²) in [4.78, 5) is 4.48. The van der Waals surface area contributed by atoms with E-state index in [4.69, 9.17) is 14.0 Å². The SMILES string of the molecule is C1=C/c2n[nH]c3cnc(cc23)-c2conc2OCCCOc2ccccc2/1. The lowest BCUT2D eigenvalue weighted by Gasteiger charge is -2.09. The molecule has 3 aromatic heterocycles. The number of rotatable bonds is 0. The zero-order valence-electron chi connectivity index (χ0n) is 14.4. The molecule has 0 radical (unpaired) electrons. The maximum absolute atomic E-state index is 5.92. The molecule has 0 amide bonds. The Morgan fingerprint density at radius 2 is 1.96 bits per heavy atom. The van der Waals surface area contributed by atoms with Crippen LogP contribution in [0.4, 0.5) is 0 Å². The minimum atomic E-state index is 0.428. The van der Waals surface area contributed by atoms with Crippen LogP contribution in [0.5, 0.6) is 11.6 Å². The van der Waals surface area contributed by atoms with Crippen LogP contribution in [0.25, 0.3) is 34.3 Å². The van der Waals surface area contributed by atoms with Gasteiger partial charge >= 0.3 is 0 Å². The Balaban J connectivity index is 1.65. The van der Waals surface area contributed by atoms with E-state index in [1.807, 2.05) is 42.5 Å². The summed E-state index contributed by atoms with van der Waals surface area (Å²) in [6, 6.07) is 9.88. The highest BCUT2D eigenvalue weighted by Crippen LogP contribution is 2.31. The van der Waals surface area contributed by atoms with Crippen molar-refractivity contribution in [1.29, 1.82) is 0 Å².